The van der Waals surface area contributed by atoms with Crippen molar-refractivity contribution in [1.82, 2.24) is 25.4 Å². The molecule has 0 aliphatic rings. The summed E-state index contributed by atoms with van der Waals surface area (Å²) in [4.78, 5) is 28.3. The highest BCUT2D eigenvalue weighted by Crippen LogP contribution is 2.14. The molecule has 0 aliphatic heterocycles. The zero-order valence-electron chi connectivity index (χ0n) is 15.5. The fraction of sp³-hybridized carbons (Fsp3) is 0.300. The van der Waals surface area contributed by atoms with E-state index in [0.29, 0.717) is 12.1 Å². The molecule has 0 spiro atoms. The van der Waals surface area contributed by atoms with Crippen LogP contribution in [0.5, 0.6) is 0 Å². The second kappa shape index (κ2) is 8.44. The number of carbonyl (C=O) groups is 2. The summed E-state index contributed by atoms with van der Waals surface area (Å²) in [7, 11) is 0. The molecule has 0 radical (unpaired) electrons. The van der Waals surface area contributed by atoms with E-state index in [1.165, 1.54) is 6.20 Å². The van der Waals surface area contributed by atoms with Gasteiger partial charge >= 0.3 is 0 Å². The summed E-state index contributed by atoms with van der Waals surface area (Å²) >= 11 is 0. The Labute approximate surface area is 157 Å². The summed E-state index contributed by atoms with van der Waals surface area (Å²) in [6, 6.07) is 11.9. The summed E-state index contributed by atoms with van der Waals surface area (Å²) < 4.78 is 1.81. The maximum atomic E-state index is 12.3. The van der Waals surface area contributed by atoms with Crippen LogP contribution in [0, 0.1) is 0 Å². The SMILES string of the molecule is CC(C)NC(=O)CCNC(=O)c1cnc2c(cnn2Cc2ccccc2)c1. The van der Waals surface area contributed by atoms with E-state index in [2.05, 4.69) is 20.7 Å². The van der Waals surface area contributed by atoms with Gasteiger partial charge in [0.05, 0.1) is 18.3 Å². The number of nitrogens with one attached hydrogen (secondary N) is 2. The van der Waals surface area contributed by atoms with E-state index in [0.717, 1.165) is 16.6 Å². The third kappa shape index (κ3) is 4.91. The number of nitrogens with zero attached hydrogens (tertiary/aromatic N) is 3. The van der Waals surface area contributed by atoms with Gasteiger partial charge in [0.25, 0.3) is 5.91 Å². The molecule has 0 saturated heterocycles. The highest BCUT2D eigenvalue weighted by Gasteiger charge is 2.11. The first-order valence-corrected chi connectivity index (χ1v) is 8.96. The zero-order chi connectivity index (χ0) is 19.2. The van der Waals surface area contributed by atoms with Gasteiger partial charge in [-0.05, 0) is 25.5 Å². The van der Waals surface area contributed by atoms with E-state index < -0.39 is 0 Å². The molecule has 7 heteroatoms. The standard InChI is InChI=1S/C20H23N5O2/c1-14(2)24-18(26)8-9-21-20(27)17-10-16-12-23-25(19(16)22-11-17)13-15-6-4-3-5-7-15/h3-7,10-12,14H,8-9,13H2,1-2H3,(H,21,27)(H,24,26). The largest absolute Gasteiger partial charge is 0.354 e. The fourth-order valence-corrected chi connectivity index (χ4v) is 2.75. The minimum atomic E-state index is -0.252. The Kier molecular flexibility index (Phi) is 5.80. The normalized spacial score (nSPS) is 10.9. The highest BCUT2D eigenvalue weighted by atomic mass is 16.2. The predicted molar refractivity (Wildman–Crippen MR) is 103 cm³/mol. The van der Waals surface area contributed by atoms with Crippen molar-refractivity contribution >= 4 is 22.8 Å². The molecule has 7 nitrogen and oxygen atoms in total. The first-order valence-electron chi connectivity index (χ1n) is 8.96. The summed E-state index contributed by atoms with van der Waals surface area (Å²) in [5, 5.41) is 10.7. The maximum absolute atomic E-state index is 12.3. The Morgan fingerprint density at radius 2 is 1.93 bits per heavy atom. The number of hydrogen-bond donors (Lipinski definition) is 2. The number of carbonyl (C=O) groups excluding carboxylic acids is 2. The first-order chi connectivity index (χ1) is 13.0. The molecular weight excluding hydrogens is 342 g/mol. The van der Waals surface area contributed by atoms with Gasteiger partial charge in [0.2, 0.25) is 5.91 Å². The van der Waals surface area contributed by atoms with E-state index in [1.54, 1.807) is 12.3 Å². The van der Waals surface area contributed by atoms with Crippen molar-refractivity contribution in [2.75, 3.05) is 6.54 Å². The molecule has 2 heterocycles. The van der Waals surface area contributed by atoms with Gasteiger partial charge in [-0.15, -0.1) is 0 Å². The molecule has 0 atom stereocenters. The average molecular weight is 365 g/mol. The van der Waals surface area contributed by atoms with Gasteiger partial charge in [-0.1, -0.05) is 30.3 Å². The van der Waals surface area contributed by atoms with Gasteiger partial charge in [-0.3, -0.25) is 9.59 Å². The van der Waals surface area contributed by atoms with Gasteiger partial charge in [0, 0.05) is 30.6 Å². The van der Waals surface area contributed by atoms with E-state index in [-0.39, 0.29) is 30.8 Å². The van der Waals surface area contributed by atoms with Gasteiger partial charge in [0.15, 0.2) is 5.65 Å². The Hall–Kier alpha value is -3.22. The smallest absolute Gasteiger partial charge is 0.252 e. The van der Waals surface area contributed by atoms with Crippen molar-refractivity contribution in [2.45, 2.75) is 32.9 Å². The maximum Gasteiger partial charge on any atom is 0.252 e. The van der Waals surface area contributed by atoms with Crippen molar-refractivity contribution in [1.29, 1.82) is 0 Å². The Morgan fingerprint density at radius 3 is 2.67 bits per heavy atom. The van der Waals surface area contributed by atoms with Crippen LogP contribution in [0.1, 0.15) is 36.2 Å². The Balaban J connectivity index is 1.63. The van der Waals surface area contributed by atoms with Crippen LogP contribution < -0.4 is 10.6 Å². The molecule has 2 amide bonds. The van der Waals surface area contributed by atoms with E-state index in [1.807, 2.05) is 48.9 Å². The molecule has 27 heavy (non-hydrogen) atoms. The van der Waals surface area contributed by atoms with Crippen LogP contribution in [0.2, 0.25) is 0 Å². The molecule has 2 N–H and O–H groups in total. The molecule has 0 saturated carbocycles. The average Bonchev–Trinajstić information content (AvgIpc) is 3.04. The molecule has 0 unspecified atom stereocenters. The summed E-state index contributed by atoms with van der Waals surface area (Å²) in [5.74, 6) is -0.335. The third-order valence-corrected chi connectivity index (χ3v) is 4.00. The van der Waals surface area contributed by atoms with Gasteiger partial charge in [0.1, 0.15) is 0 Å². The quantitative estimate of drug-likeness (QED) is 0.671. The third-order valence-electron chi connectivity index (χ3n) is 4.00. The monoisotopic (exact) mass is 365 g/mol. The molecule has 0 bridgehead atoms. The highest BCUT2D eigenvalue weighted by molar-refractivity contribution is 5.97. The van der Waals surface area contributed by atoms with Crippen LogP contribution in [0.15, 0.2) is 48.8 Å². The number of fused-ring (bicyclic) bond motifs is 1. The number of benzene rings is 1. The van der Waals surface area contributed by atoms with Crippen LogP contribution in [0.4, 0.5) is 0 Å². The van der Waals surface area contributed by atoms with Crippen molar-refractivity contribution in [3.63, 3.8) is 0 Å². The minimum absolute atomic E-state index is 0.0823. The second-order valence-electron chi connectivity index (χ2n) is 6.65. The van der Waals surface area contributed by atoms with Crippen molar-refractivity contribution < 1.29 is 9.59 Å². The molecule has 140 valence electrons. The lowest BCUT2D eigenvalue weighted by Crippen LogP contribution is -2.34. The van der Waals surface area contributed by atoms with Crippen molar-refractivity contribution in [3.05, 3.63) is 59.9 Å². The Morgan fingerprint density at radius 1 is 1.15 bits per heavy atom. The molecule has 0 aliphatic carbocycles. The lowest BCUT2D eigenvalue weighted by atomic mass is 10.2. The molecular formula is C20H23N5O2. The fourth-order valence-electron chi connectivity index (χ4n) is 2.75. The molecule has 3 aromatic rings. The second-order valence-corrected chi connectivity index (χ2v) is 6.65. The molecule has 1 aromatic carbocycles. The minimum Gasteiger partial charge on any atom is -0.354 e. The lowest BCUT2D eigenvalue weighted by Gasteiger charge is -2.09. The van der Waals surface area contributed by atoms with Crippen LogP contribution >= 0.6 is 0 Å². The van der Waals surface area contributed by atoms with E-state index >= 15 is 0 Å². The van der Waals surface area contributed by atoms with Crippen LogP contribution in [-0.4, -0.2) is 39.2 Å². The molecule has 0 fully saturated rings. The predicted octanol–water partition coefficient (Wildman–Crippen LogP) is 2.12. The number of aromatic nitrogens is 3. The summed E-state index contributed by atoms with van der Waals surface area (Å²) in [5.41, 5.74) is 2.31. The molecule has 3 rings (SSSR count). The zero-order valence-corrected chi connectivity index (χ0v) is 15.5. The number of hydrogen-bond acceptors (Lipinski definition) is 4. The number of pyridine rings is 1. The van der Waals surface area contributed by atoms with E-state index in [9.17, 15) is 9.59 Å². The van der Waals surface area contributed by atoms with Crippen molar-refractivity contribution in [2.24, 2.45) is 0 Å². The summed E-state index contributed by atoms with van der Waals surface area (Å²) in [6.45, 7) is 4.70. The van der Waals surface area contributed by atoms with Crippen LogP contribution in [0.25, 0.3) is 11.0 Å². The van der Waals surface area contributed by atoms with Gasteiger partial charge < -0.3 is 10.6 Å². The topological polar surface area (TPSA) is 88.9 Å². The number of amides is 2. The van der Waals surface area contributed by atoms with E-state index in [4.69, 9.17) is 0 Å². The Bertz CT molecular complexity index is 934. The molecule has 2 aromatic heterocycles. The van der Waals surface area contributed by atoms with Crippen molar-refractivity contribution in [3.8, 4) is 0 Å². The lowest BCUT2D eigenvalue weighted by molar-refractivity contribution is -0.121. The van der Waals surface area contributed by atoms with Crippen LogP contribution in [0.3, 0.4) is 0 Å². The van der Waals surface area contributed by atoms with Gasteiger partial charge in [-0.2, -0.15) is 5.10 Å². The van der Waals surface area contributed by atoms with Crippen LogP contribution in [-0.2, 0) is 11.3 Å². The number of rotatable bonds is 7. The van der Waals surface area contributed by atoms with Gasteiger partial charge in [-0.25, -0.2) is 9.67 Å². The first kappa shape index (κ1) is 18.6. The summed E-state index contributed by atoms with van der Waals surface area (Å²) in [6.07, 6.45) is 3.49.